The van der Waals surface area contributed by atoms with Crippen molar-refractivity contribution >= 4 is 22.8 Å². The Bertz CT molecular complexity index is 2090. The maximum absolute atomic E-state index is 13.7. The first-order chi connectivity index (χ1) is 18.6. The lowest BCUT2D eigenvalue weighted by Gasteiger charge is -2.09. The molecule has 0 spiro atoms. The van der Waals surface area contributed by atoms with Gasteiger partial charge < -0.3 is 0 Å². The van der Waals surface area contributed by atoms with Gasteiger partial charge >= 0.3 is 6.18 Å². The number of rotatable bonds is 1. The number of hydrogen-bond donors (Lipinski definition) is 0. The standard InChI is InChI=1S/C28H11F3N6O2/c1-12-6-19(28(29,30)31)23-21(7-12)36-24(35-23)15-4-2-14(9-18(15)27(36)39)13-3-5-16-17(8-13)25-34-20(10-32)22(11-33)37(25)26(16)38/h2-9H,1H3. The number of carbonyl (C=O) groups excluding carboxylic acids is 2. The van der Waals surface area contributed by atoms with Crippen LogP contribution in [0.4, 0.5) is 13.2 Å². The lowest BCUT2D eigenvalue weighted by atomic mass is 9.96. The third-order valence-electron chi connectivity index (χ3n) is 7.02. The molecule has 0 saturated heterocycles. The van der Waals surface area contributed by atoms with E-state index in [2.05, 4.69) is 9.97 Å². The maximum Gasteiger partial charge on any atom is 0.418 e. The second kappa shape index (κ2) is 7.27. The van der Waals surface area contributed by atoms with Gasteiger partial charge in [0.15, 0.2) is 17.2 Å². The number of nitrogens with zero attached hydrogens (tertiary/aromatic N) is 6. The van der Waals surface area contributed by atoms with E-state index >= 15 is 0 Å². The van der Waals surface area contributed by atoms with E-state index in [9.17, 15) is 33.3 Å². The van der Waals surface area contributed by atoms with Gasteiger partial charge in [-0.25, -0.2) is 14.5 Å². The third kappa shape index (κ3) is 2.87. The molecule has 4 heterocycles. The smallest absolute Gasteiger partial charge is 0.268 e. The number of hydrogen-bond acceptors (Lipinski definition) is 6. The number of fused-ring (bicyclic) bond motifs is 8. The summed E-state index contributed by atoms with van der Waals surface area (Å²) in [5.74, 6) is -0.633. The van der Waals surface area contributed by atoms with E-state index in [1.54, 1.807) is 36.4 Å². The Morgan fingerprint density at radius 1 is 0.769 bits per heavy atom. The number of alkyl halides is 3. The molecule has 11 heteroatoms. The van der Waals surface area contributed by atoms with Gasteiger partial charge in [0.05, 0.1) is 22.2 Å². The topological polar surface area (TPSA) is 117 Å². The highest BCUT2D eigenvalue weighted by Crippen LogP contribution is 2.42. The second-order valence-electron chi connectivity index (χ2n) is 9.27. The highest BCUT2D eigenvalue weighted by molar-refractivity contribution is 6.14. The molecule has 0 amide bonds. The van der Waals surface area contributed by atoms with Crippen molar-refractivity contribution in [1.82, 2.24) is 19.1 Å². The summed E-state index contributed by atoms with van der Waals surface area (Å²) in [6, 6.07) is 16.1. The summed E-state index contributed by atoms with van der Waals surface area (Å²) in [4.78, 5) is 34.7. The molecule has 0 unspecified atom stereocenters. The van der Waals surface area contributed by atoms with E-state index in [4.69, 9.17) is 0 Å². The van der Waals surface area contributed by atoms with Crippen molar-refractivity contribution in [2.24, 2.45) is 0 Å². The van der Waals surface area contributed by atoms with Crippen molar-refractivity contribution < 1.29 is 22.8 Å². The van der Waals surface area contributed by atoms with Crippen LogP contribution in [0.5, 0.6) is 0 Å². The Kier molecular flexibility index (Phi) is 4.22. The molecular weight excluding hydrogens is 509 g/mol. The average Bonchev–Trinajstić information content (AvgIpc) is 3.62. The van der Waals surface area contributed by atoms with Crippen LogP contribution in [0.2, 0.25) is 0 Å². The first-order valence-corrected chi connectivity index (χ1v) is 11.5. The van der Waals surface area contributed by atoms with E-state index in [1.165, 1.54) is 17.6 Å². The number of aryl methyl sites for hydroxylation is 1. The van der Waals surface area contributed by atoms with Crippen LogP contribution in [0.1, 0.15) is 43.2 Å². The normalized spacial score (nSPS) is 13.2. The fraction of sp³-hybridized carbons (Fsp3) is 0.0714. The van der Waals surface area contributed by atoms with Crippen LogP contribution in [-0.4, -0.2) is 30.9 Å². The molecular formula is C28H11F3N6O2. The SMILES string of the molecule is Cc1cc(C(F)(F)F)c2nc3n(c2c1)C(=O)c1cc(-c2ccc4c(c2)-c2nc(C#N)c(C#N)n2C4=O)ccc1-3. The van der Waals surface area contributed by atoms with Crippen LogP contribution in [-0.2, 0) is 6.18 Å². The van der Waals surface area contributed by atoms with E-state index in [1.807, 2.05) is 12.1 Å². The van der Waals surface area contributed by atoms with Crippen LogP contribution in [0.3, 0.4) is 0 Å². The van der Waals surface area contributed by atoms with E-state index < -0.39 is 23.6 Å². The predicted octanol–water partition coefficient (Wildman–Crippen LogP) is 5.31. The Morgan fingerprint density at radius 2 is 1.41 bits per heavy atom. The Labute approximate surface area is 216 Å². The van der Waals surface area contributed by atoms with Gasteiger partial charge in [-0.2, -0.15) is 23.7 Å². The van der Waals surface area contributed by atoms with Gasteiger partial charge in [0.25, 0.3) is 11.8 Å². The van der Waals surface area contributed by atoms with Crippen molar-refractivity contribution in [3.05, 3.63) is 82.2 Å². The minimum absolute atomic E-state index is 0.0875. The van der Waals surface area contributed by atoms with Crippen LogP contribution in [0, 0.1) is 29.6 Å². The number of carbonyl (C=O) groups is 2. The predicted molar refractivity (Wildman–Crippen MR) is 130 cm³/mol. The zero-order chi connectivity index (χ0) is 27.4. The summed E-state index contributed by atoms with van der Waals surface area (Å²) in [6.07, 6.45) is -4.62. The summed E-state index contributed by atoms with van der Waals surface area (Å²) < 4.78 is 43.3. The van der Waals surface area contributed by atoms with Crippen molar-refractivity contribution in [2.75, 3.05) is 0 Å². The maximum atomic E-state index is 13.7. The van der Waals surface area contributed by atoms with E-state index in [0.29, 0.717) is 33.4 Å². The molecule has 3 aromatic carbocycles. The Morgan fingerprint density at radius 3 is 2.08 bits per heavy atom. The Balaban J connectivity index is 1.36. The molecule has 0 atom stereocenters. The minimum atomic E-state index is -4.62. The molecule has 2 aliphatic heterocycles. The fourth-order valence-corrected chi connectivity index (χ4v) is 5.33. The second-order valence-corrected chi connectivity index (χ2v) is 9.27. The molecule has 0 fully saturated rings. The molecule has 7 rings (SSSR count). The average molecular weight is 520 g/mol. The minimum Gasteiger partial charge on any atom is -0.268 e. The van der Waals surface area contributed by atoms with Crippen molar-refractivity contribution in [3.8, 4) is 46.0 Å². The van der Waals surface area contributed by atoms with Crippen molar-refractivity contribution in [2.45, 2.75) is 13.1 Å². The molecule has 2 aromatic heterocycles. The molecule has 39 heavy (non-hydrogen) atoms. The molecule has 0 radical (unpaired) electrons. The summed E-state index contributed by atoms with van der Waals surface area (Å²) >= 11 is 0. The van der Waals surface area contributed by atoms with Gasteiger partial charge in [-0.1, -0.05) is 12.1 Å². The Hall–Kier alpha value is -5.55. The van der Waals surface area contributed by atoms with Crippen LogP contribution < -0.4 is 0 Å². The number of benzene rings is 3. The molecule has 0 saturated carbocycles. The molecule has 5 aromatic rings. The molecule has 0 bridgehead atoms. The van der Waals surface area contributed by atoms with E-state index in [-0.39, 0.29) is 39.6 Å². The van der Waals surface area contributed by atoms with Gasteiger partial charge in [-0.05, 0) is 60.0 Å². The summed E-state index contributed by atoms with van der Waals surface area (Å²) in [6.45, 7) is 1.53. The number of aromatic nitrogens is 4. The molecule has 8 nitrogen and oxygen atoms in total. The third-order valence-corrected chi connectivity index (χ3v) is 7.02. The number of nitriles is 2. The van der Waals surface area contributed by atoms with Crippen molar-refractivity contribution in [1.29, 1.82) is 10.5 Å². The quantitative estimate of drug-likeness (QED) is 0.290. The van der Waals surface area contributed by atoms with Crippen LogP contribution in [0.25, 0.3) is 44.9 Å². The zero-order valence-corrected chi connectivity index (χ0v) is 19.8. The van der Waals surface area contributed by atoms with Crippen LogP contribution in [0.15, 0.2) is 48.5 Å². The molecule has 2 aliphatic rings. The monoisotopic (exact) mass is 520 g/mol. The summed E-state index contributed by atoms with van der Waals surface area (Å²) in [7, 11) is 0. The highest BCUT2D eigenvalue weighted by atomic mass is 19.4. The van der Waals surface area contributed by atoms with Crippen LogP contribution >= 0.6 is 0 Å². The molecule has 0 aliphatic carbocycles. The lowest BCUT2D eigenvalue weighted by molar-refractivity contribution is -0.136. The van der Waals surface area contributed by atoms with Crippen molar-refractivity contribution in [3.63, 3.8) is 0 Å². The first-order valence-electron chi connectivity index (χ1n) is 11.5. The van der Waals surface area contributed by atoms with Gasteiger partial charge in [-0.15, -0.1) is 0 Å². The number of halogens is 3. The molecule has 186 valence electrons. The van der Waals surface area contributed by atoms with E-state index in [0.717, 1.165) is 10.6 Å². The van der Waals surface area contributed by atoms with Gasteiger partial charge in [0, 0.05) is 11.1 Å². The first kappa shape index (κ1) is 22.6. The zero-order valence-electron chi connectivity index (χ0n) is 19.8. The molecule has 0 N–H and O–H groups in total. The summed E-state index contributed by atoms with van der Waals surface area (Å²) in [5.41, 5.74) is 1.69. The lowest BCUT2D eigenvalue weighted by Crippen LogP contribution is -2.09. The van der Waals surface area contributed by atoms with Gasteiger partial charge in [0.1, 0.15) is 23.5 Å². The highest BCUT2D eigenvalue weighted by Gasteiger charge is 2.38. The van der Waals surface area contributed by atoms with Gasteiger partial charge in [-0.3, -0.25) is 14.2 Å². The largest absolute Gasteiger partial charge is 0.418 e. The number of imidazole rings is 2. The fourth-order valence-electron chi connectivity index (χ4n) is 5.33. The van der Waals surface area contributed by atoms with Gasteiger partial charge in [0.2, 0.25) is 0 Å². The summed E-state index contributed by atoms with van der Waals surface area (Å²) in [5, 5.41) is 18.7.